The van der Waals surface area contributed by atoms with Gasteiger partial charge in [0.1, 0.15) is 5.60 Å². The van der Waals surface area contributed by atoms with Crippen LogP contribution in [-0.4, -0.2) is 21.0 Å². The van der Waals surface area contributed by atoms with Crippen molar-refractivity contribution in [3.05, 3.63) is 21.9 Å². The fraction of sp³-hybridized carbons (Fsp3) is 0.400. The van der Waals surface area contributed by atoms with E-state index in [9.17, 15) is 4.79 Å². The first-order valence-electron chi connectivity index (χ1n) is 4.72. The third-order valence-corrected chi connectivity index (χ3v) is 3.21. The van der Waals surface area contributed by atoms with Gasteiger partial charge in [0.25, 0.3) is 0 Å². The number of halogens is 1. The Morgan fingerprint density at radius 2 is 2.19 bits per heavy atom. The van der Waals surface area contributed by atoms with Gasteiger partial charge in [-0.2, -0.15) is 0 Å². The molecule has 0 radical (unpaired) electrons. The Morgan fingerprint density at radius 1 is 1.50 bits per heavy atom. The van der Waals surface area contributed by atoms with Crippen LogP contribution in [0.1, 0.15) is 31.3 Å². The Kier molecular flexibility index (Phi) is 2.79. The van der Waals surface area contributed by atoms with Crippen LogP contribution in [0.2, 0.25) is 0 Å². The van der Waals surface area contributed by atoms with Gasteiger partial charge in [-0.25, -0.2) is 9.78 Å². The predicted molar refractivity (Wildman–Crippen MR) is 65.9 cm³/mol. The number of imidazole rings is 1. The van der Waals surface area contributed by atoms with Crippen molar-refractivity contribution >= 4 is 38.2 Å². The summed E-state index contributed by atoms with van der Waals surface area (Å²) >= 11 is 4.82. The summed E-state index contributed by atoms with van der Waals surface area (Å²) in [5.74, 6) is -0.389. The normalized spacial score (nSPS) is 12.0. The average molecular weight is 303 g/mol. The molecule has 2 aromatic heterocycles. The Bertz CT molecular complexity index is 507. The second-order valence-electron chi connectivity index (χ2n) is 4.35. The highest BCUT2D eigenvalue weighted by molar-refractivity contribution is 9.11. The standard InChI is InChI=1S/C10H11BrN2O2S/c1-10(2,3)15-8(14)6-4-13-5-7(11)16-9(13)12-6/h4-5H,1-3H3. The highest BCUT2D eigenvalue weighted by atomic mass is 79.9. The number of fused-ring (bicyclic) bond motifs is 1. The molecule has 2 rings (SSSR count). The van der Waals surface area contributed by atoms with E-state index in [0.29, 0.717) is 5.69 Å². The molecule has 0 bridgehead atoms. The van der Waals surface area contributed by atoms with Gasteiger partial charge in [-0.1, -0.05) is 11.3 Å². The van der Waals surface area contributed by atoms with Crippen LogP contribution < -0.4 is 0 Å². The molecular formula is C10H11BrN2O2S. The van der Waals surface area contributed by atoms with Crippen molar-refractivity contribution in [2.24, 2.45) is 0 Å². The zero-order valence-electron chi connectivity index (χ0n) is 9.15. The Labute approximate surface area is 105 Å². The number of hydrogen-bond donors (Lipinski definition) is 0. The molecule has 0 amide bonds. The summed E-state index contributed by atoms with van der Waals surface area (Å²) in [4.78, 5) is 16.7. The van der Waals surface area contributed by atoms with E-state index in [4.69, 9.17) is 4.74 Å². The van der Waals surface area contributed by atoms with Gasteiger partial charge in [-0.15, -0.1) is 0 Å². The quantitative estimate of drug-likeness (QED) is 0.760. The number of carbonyl (C=O) groups is 1. The lowest BCUT2D eigenvalue weighted by Crippen LogP contribution is -2.24. The number of hydrogen-bond acceptors (Lipinski definition) is 4. The summed E-state index contributed by atoms with van der Waals surface area (Å²) in [6.45, 7) is 5.50. The number of thiazole rings is 1. The van der Waals surface area contributed by atoms with Crippen molar-refractivity contribution < 1.29 is 9.53 Å². The van der Waals surface area contributed by atoms with Crippen LogP contribution in [0.4, 0.5) is 0 Å². The van der Waals surface area contributed by atoms with Crippen molar-refractivity contribution in [2.45, 2.75) is 26.4 Å². The first-order chi connectivity index (χ1) is 7.35. The summed E-state index contributed by atoms with van der Waals surface area (Å²) in [7, 11) is 0. The summed E-state index contributed by atoms with van der Waals surface area (Å²) in [5, 5.41) is 0. The van der Waals surface area contributed by atoms with Crippen LogP contribution in [-0.2, 0) is 4.74 Å². The molecule has 2 heterocycles. The van der Waals surface area contributed by atoms with E-state index in [1.165, 1.54) is 11.3 Å². The van der Waals surface area contributed by atoms with E-state index in [1.54, 1.807) is 10.6 Å². The van der Waals surface area contributed by atoms with Gasteiger partial charge in [0, 0.05) is 12.4 Å². The SMILES string of the molecule is CC(C)(C)OC(=O)c1cn2cc(Br)sc2n1. The molecule has 0 saturated heterocycles. The largest absolute Gasteiger partial charge is 0.455 e. The topological polar surface area (TPSA) is 43.6 Å². The van der Waals surface area contributed by atoms with E-state index < -0.39 is 5.60 Å². The first kappa shape index (κ1) is 11.6. The van der Waals surface area contributed by atoms with Crippen LogP contribution in [0.25, 0.3) is 4.96 Å². The Hall–Kier alpha value is -0.880. The van der Waals surface area contributed by atoms with Gasteiger partial charge in [0.15, 0.2) is 10.7 Å². The van der Waals surface area contributed by atoms with Gasteiger partial charge in [-0.3, -0.25) is 4.40 Å². The van der Waals surface area contributed by atoms with Crippen LogP contribution in [0.3, 0.4) is 0 Å². The molecule has 0 aliphatic rings. The van der Waals surface area contributed by atoms with Crippen LogP contribution in [0.15, 0.2) is 16.2 Å². The summed E-state index contributed by atoms with van der Waals surface area (Å²) in [6, 6.07) is 0. The van der Waals surface area contributed by atoms with Gasteiger partial charge in [-0.05, 0) is 36.7 Å². The zero-order chi connectivity index (χ0) is 11.9. The minimum atomic E-state index is -0.491. The van der Waals surface area contributed by atoms with Crippen molar-refractivity contribution in [2.75, 3.05) is 0 Å². The predicted octanol–water partition coefficient (Wildman–Crippen LogP) is 3.11. The second-order valence-corrected chi connectivity index (χ2v) is 6.74. The number of nitrogens with zero attached hydrogens (tertiary/aromatic N) is 2. The molecule has 0 spiro atoms. The smallest absolute Gasteiger partial charge is 0.359 e. The molecule has 0 unspecified atom stereocenters. The Morgan fingerprint density at radius 3 is 2.75 bits per heavy atom. The lowest BCUT2D eigenvalue weighted by atomic mass is 10.2. The highest BCUT2D eigenvalue weighted by Crippen LogP contribution is 2.23. The molecule has 0 atom stereocenters. The van der Waals surface area contributed by atoms with E-state index in [1.807, 2.05) is 27.0 Å². The highest BCUT2D eigenvalue weighted by Gasteiger charge is 2.20. The molecule has 86 valence electrons. The van der Waals surface area contributed by atoms with Crippen LogP contribution >= 0.6 is 27.3 Å². The maximum Gasteiger partial charge on any atom is 0.359 e. The fourth-order valence-electron chi connectivity index (χ4n) is 1.20. The number of ether oxygens (including phenoxy) is 1. The monoisotopic (exact) mass is 302 g/mol. The minimum Gasteiger partial charge on any atom is -0.455 e. The van der Waals surface area contributed by atoms with Gasteiger partial charge in [0.2, 0.25) is 0 Å². The molecule has 0 N–H and O–H groups in total. The van der Waals surface area contributed by atoms with Gasteiger partial charge in [0.05, 0.1) is 3.79 Å². The van der Waals surface area contributed by atoms with Crippen molar-refractivity contribution in [3.8, 4) is 0 Å². The maximum atomic E-state index is 11.7. The fourth-order valence-corrected chi connectivity index (χ4v) is 2.55. The van der Waals surface area contributed by atoms with E-state index >= 15 is 0 Å². The van der Waals surface area contributed by atoms with E-state index in [0.717, 1.165) is 8.75 Å². The first-order valence-corrected chi connectivity index (χ1v) is 6.33. The van der Waals surface area contributed by atoms with Crippen molar-refractivity contribution in [1.29, 1.82) is 0 Å². The molecule has 2 aromatic rings. The molecule has 6 heteroatoms. The maximum absolute atomic E-state index is 11.7. The molecule has 4 nitrogen and oxygen atoms in total. The molecular weight excluding hydrogens is 292 g/mol. The lowest BCUT2D eigenvalue weighted by Gasteiger charge is -2.18. The molecule has 0 fully saturated rings. The van der Waals surface area contributed by atoms with Gasteiger partial charge >= 0.3 is 5.97 Å². The summed E-state index contributed by atoms with van der Waals surface area (Å²) in [6.07, 6.45) is 3.53. The number of carbonyl (C=O) groups excluding carboxylic acids is 1. The van der Waals surface area contributed by atoms with E-state index in [-0.39, 0.29) is 5.97 Å². The molecule has 0 aliphatic carbocycles. The second kappa shape index (κ2) is 3.85. The third-order valence-electron chi connectivity index (χ3n) is 1.74. The Balaban J connectivity index is 2.27. The zero-order valence-corrected chi connectivity index (χ0v) is 11.6. The molecule has 0 aliphatic heterocycles. The lowest BCUT2D eigenvalue weighted by molar-refractivity contribution is 0.00636. The molecule has 0 saturated carbocycles. The van der Waals surface area contributed by atoms with Crippen molar-refractivity contribution in [1.82, 2.24) is 9.38 Å². The van der Waals surface area contributed by atoms with Crippen LogP contribution in [0, 0.1) is 0 Å². The minimum absolute atomic E-state index is 0.341. The number of esters is 1. The summed E-state index contributed by atoms with van der Waals surface area (Å²) in [5.41, 5.74) is -0.150. The summed E-state index contributed by atoms with van der Waals surface area (Å²) < 4.78 is 8.01. The van der Waals surface area contributed by atoms with Crippen LogP contribution in [0.5, 0.6) is 0 Å². The third kappa shape index (κ3) is 2.44. The molecule has 0 aromatic carbocycles. The van der Waals surface area contributed by atoms with Crippen molar-refractivity contribution in [3.63, 3.8) is 0 Å². The van der Waals surface area contributed by atoms with Gasteiger partial charge < -0.3 is 4.74 Å². The molecule has 16 heavy (non-hydrogen) atoms. The number of aromatic nitrogens is 2. The van der Waals surface area contributed by atoms with E-state index in [2.05, 4.69) is 20.9 Å². The average Bonchev–Trinajstić information content (AvgIpc) is 2.56. The number of rotatable bonds is 1.